The van der Waals surface area contributed by atoms with Crippen LogP contribution in [0.4, 0.5) is 23.4 Å². The summed E-state index contributed by atoms with van der Waals surface area (Å²) in [5, 5.41) is 0. The second-order valence-corrected chi connectivity index (χ2v) is 10.5. The number of fused-ring (bicyclic) bond motifs is 1. The summed E-state index contributed by atoms with van der Waals surface area (Å²) in [5.74, 6) is -1.89. The number of pyridine rings is 1. The molecular formula is C24H22F4N6O3S. The molecule has 0 saturated heterocycles. The van der Waals surface area contributed by atoms with Crippen molar-refractivity contribution in [3.63, 3.8) is 0 Å². The molecule has 0 aliphatic rings. The third-order valence-electron chi connectivity index (χ3n) is 5.53. The first-order chi connectivity index (χ1) is 17.8. The highest BCUT2D eigenvalue weighted by molar-refractivity contribution is 7.90. The SMILES string of the molecule is CN(C)S(=O)(=O)Nc1nc(-c2ccn3c(-c4cccc(CC(=O)CCC(F)(F)F)c4)cnc3c2)ncc1F. The molecule has 3 aromatic heterocycles. The molecule has 0 amide bonds. The number of rotatable bonds is 9. The summed E-state index contributed by atoms with van der Waals surface area (Å²) in [4.78, 5) is 24.3. The first-order valence-corrected chi connectivity index (χ1v) is 12.6. The van der Waals surface area contributed by atoms with Gasteiger partial charge in [0.25, 0.3) is 0 Å². The number of aromatic nitrogens is 4. The molecule has 3 heterocycles. The van der Waals surface area contributed by atoms with Gasteiger partial charge >= 0.3 is 16.4 Å². The van der Waals surface area contributed by atoms with E-state index < -0.39 is 46.6 Å². The summed E-state index contributed by atoms with van der Waals surface area (Å²) in [6.45, 7) is 0. The standard InChI is InChI=1S/C24H22F4N6O3S/c1-33(2)38(36,37)32-23-19(25)13-30-22(31-23)17-7-9-34-20(14-29-21(34)12-17)16-5-3-4-15(10-16)11-18(35)6-8-24(26,27)28/h3-5,7,9-10,12-14H,6,8,11H2,1-2H3,(H,30,31,32). The van der Waals surface area contributed by atoms with Gasteiger partial charge in [-0.15, -0.1) is 0 Å². The van der Waals surface area contributed by atoms with Crippen LogP contribution in [-0.2, 0) is 21.4 Å². The van der Waals surface area contributed by atoms with Crippen molar-refractivity contribution in [2.45, 2.75) is 25.4 Å². The number of alkyl halides is 3. The zero-order valence-electron chi connectivity index (χ0n) is 20.2. The van der Waals surface area contributed by atoms with Gasteiger partial charge < -0.3 is 0 Å². The highest BCUT2D eigenvalue weighted by Crippen LogP contribution is 2.26. The van der Waals surface area contributed by atoms with Gasteiger partial charge in [0.05, 0.1) is 24.5 Å². The van der Waals surface area contributed by atoms with Crippen molar-refractivity contribution < 1.29 is 30.8 Å². The summed E-state index contributed by atoms with van der Waals surface area (Å²) in [6.07, 6.45) is -2.10. The number of nitrogens with zero attached hydrogens (tertiary/aromatic N) is 5. The Morgan fingerprint density at radius 2 is 1.84 bits per heavy atom. The number of ketones is 1. The van der Waals surface area contributed by atoms with E-state index in [0.717, 1.165) is 10.5 Å². The van der Waals surface area contributed by atoms with Crippen molar-refractivity contribution in [2.24, 2.45) is 0 Å². The van der Waals surface area contributed by atoms with E-state index in [0.29, 0.717) is 28.0 Å². The second-order valence-electron chi connectivity index (χ2n) is 8.60. The molecule has 4 aromatic rings. The lowest BCUT2D eigenvalue weighted by Gasteiger charge is -2.13. The average molecular weight is 551 g/mol. The summed E-state index contributed by atoms with van der Waals surface area (Å²) >= 11 is 0. The number of imidazole rings is 1. The van der Waals surface area contributed by atoms with Gasteiger partial charge in [0.15, 0.2) is 17.5 Å². The normalized spacial score (nSPS) is 12.3. The zero-order valence-corrected chi connectivity index (χ0v) is 21.0. The van der Waals surface area contributed by atoms with E-state index in [1.807, 2.05) is 0 Å². The van der Waals surface area contributed by atoms with E-state index in [4.69, 9.17) is 0 Å². The summed E-state index contributed by atoms with van der Waals surface area (Å²) in [7, 11) is -1.42. The van der Waals surface area contributed by atoms with Crippen LogP contribution in [0.15, 0.2) is 55.0 Å². The van der Waals surface area contributed by atoms with Gasteiger partial charge in [-0.1, -0.05) is 18.2 Å². The Morgan fingerprint density at radius 3 is 2.55 bits per heavy atom. The van der Waals surface area contributed by atoms with Crippen LogP contribution in [0.3, 0.4) is 0 Å². The average Bonchev–Trinajstić information content (AvgIpc) is 3.27. The number of benzene rings is 1. The Morgan fingerprint density at radius 1 is 1.08 bits per heavy atom. The van der Waals surface area contributed by atoms with Gasteiger partial charge in [0.1, 0.15) is 11.4 Å². The smallest absolute Gasteiger partial charge is 0.300 e. The number of nitrogens with one attached hydrogen (secondary N) is 1. The van der Waals surface area contributed by atoms with Crippen LogP contribution in [0.2, 0.25) is 0 Å². The number of carbonyl (C=O) groups excluding carboxylic acids is 1. The molecule has 14 heteroatoms. The molecule has 38 heavy (non-hydrogen) atoms. The maximum absolute atomic E-state index is 14.2. The predicted octanol–water partition coefficient (Wildman–Crippen LogP) is 4.27. The minimum atomic E-state index is -4.38. The number of halogens is 4. The molecule has 200 valence electrons. The van der Waals surface area contributed by atoms with E-state index >= 15 is 0 Å². The fourth-order valence-electron chi connectivity index (χ4n) is 3.56. The molecule has 0 radical (unpaired) electrons. The van der Waals surface area contributed by atoms with Gasteiger partial charge in [0.2, 0.25) is 0 Å². The third-order valence-corrected chi connectivity index (χ3v) is 6.95. The molecule has 0 aliphatic heterocycles. The Bertz CT molecular complexity index is 1600. The van der Waals surface area contributed by atoms with Crippen molar-refractivity contribution in [3.05, 3.63) is 66.4 Å². The molecular weight excluding hydrogens is 528 g/mol. The van der Waals surface area contributed by atoms with Gasteiger partial charge in [-0.25, -0.2) is 19.3 Å². The van der Waals surface area contributed by atoms with Crippen LogP contribution in [0.25, 0.3) is 28.3 Å². The quantitative estimate of drug-likeness (QED) is 0.312. The van der Waals surface area contributed by atoms with Crippen molar-refractivity contribution in [3.8, 4) is 22.6 Å². The topological polar surface area (TPSA) is 110 Å². The predicted molar refractivity (Wildman–Crippen MR) is 132 cm³/mol. The summed E-state index contributed by atoms with van der Waals surface area (Å²) in [6, 6.07) is 10.1. The molecule has 0 saturated carbocycles. The molecule has 4 rings (SSSR count). The minimum Gasteiger partial charge on any atom is -0.300 e. The van der Waals surface area contributed by atoms with Gasteiger partial charge in [-0.3, -0.25) is 13.9 Å². The van der Waals surface area contributed by atoms with Crippen molar-refractivity contribution in [1.82, 2.24) is 23.7 Å². The number of hydrogen-bond acceptors (Lipinski definition) is 6. The van der Waals surface area contributed by atoms with Crippen LogP contribution >= 0.6 is 0 Å². The Hall–Kier alpha value is -3.91. The fourth-order valence-corrected chi connectivity index (χ4v) is 4.13. The summed E-state index contributed by atoms with van der Waals surface area (Å²) < 4.78 is 80.2. The van der Waals surface area contributed by atoms with Crippen LogP contribution in [0, 0.1) is 5.82 Å². The molecule has 0 unspecified atom stereocenters. The maximum atomic E-state index is 14.2. The second kappa shape index (κ2) is 10.5. The van der Waals surface area contributed by atoms with E-state index in [2.05, 4.69) is 19.7 Å². The zero-order chi connectivity index (χ0) is 27.7. The van der Waals surface area contributed by atoms with Crippen molar-refractivity contribution >= 4 is 27.5 Å². The van der Waals surface area contributed by atoms with E-state index in [1.165, 1.54) is 14.1 Å². The first-order valence-electron chi connectivity index (χ1n) is 11.2. The lowest BCUT2D eigenvalue weighted by atomic mass is 10.0. The van der Waals surface area contributed by atoms with Crippen molar-refractivity contribution in [1.29, 1.82) is 0 Å². The van der Waals surface area contributed by atoms with Crippen LogP contribution < -0.4 is 4.72 Å². The molecule has 0 bridgehead atoms. The Balaban J connectivity index is 1.59. The van der Waals surface area contributed by atoms with Gasteiger partial charge in [0, 0.05) is 44.3 Å². The monoisotopic (exact) mass is 550 g/mol. The molecule has 0 aliphatic carbocycles. The lowest BCUT2D eigenvalue weighted by molar-refractivity contribution is -0.143. The molecule has 0 spiro atoms. The fraction of sp³-hybridized carbons (Fsp3) is 0.250. The Labute approximate surface area is 215 Å². The lowest BCUT2D eigenvalue weighted by Crippen LogP contribution is -2.29. The molecule has 1 N–H and O–H groups in total. The van der Waals surface area contributed by atoms with Gasteiger partial charge in [-0.2, -0.15) is 25.9 Å². The van der Waals surface area contributed by atoms with Crippen LogP contribution in [0.5, 0.6) is 0 Å². The van der Waals surface area contributed by atoms with E-state index in [1.54, 1.807) is 53.2 Å². The number of carbonyl (C=O) groups is 1. The summed E-state index contributed by atoms with van der Waals surface area (Å²) in [5.41, 5.74) is 2.87. The Kier molecular flexibility index (Phi) is 7.47. The maximum Gasteiger partial charge on any atom is 0.389 e. The number of hydrogen-bond donors (Lipinski definition) is 1. The number of anilines is 1. The molecule has 9 nitrogen and oxygen atoms in total. The largest absolute Gasteiger partial charge is 0.389 e. The number of Topliss-reactive ketones (excluding diaryl/α,β-unsaturated/α-hetero) is 1. The highest BCUT2D eigenvalue weighted by Gasteiger charge is 2.27. The third kappa shape index (κ3) is 6.31. The van der Waals surface area contributed by atoms with E-state index in [-0.39, 0.29) is 12.2 Å². The van der Waals surface area contributed by atoms with E-state index in [9.17, 15) is 30.8 Å². The van der Waals surface area contributed by atoms with Crippen LogP contribution in [0.1, 0.15) is 18.4 Å². The molecule has 0 fully saturated rings. The minimum absolute atomic E-state index is 0.0641. The molecule has 0 atom stereocenters. The van der Waals surface area contributed by atoms with Crippen molar-refractivity contribution in [2.75, 3.05) is 18.8 Å². The first kappa shape index (κ1) is 27.1. The highest BCUT2D eigenvalue weighted by atomic mass is 32.2. The van der Waals surface area contributed by atoms with Crippen LogP contribution in [-0.4, -0.2) is 58.1 Å². The molecule has 1 aromatic carbocycles. The van der Waals surface area contributed by atoms with Gasteiger partial charge in [-0.05, 0) is 23.8 Å².